The Morgan fingerprint density at radius 1 is 0.925 bits per heavy atom. The molecule has 2 atom stereocenters. The van der Waals surface area contributed by atoms with E-state index in [0.717, 1.165) is 48.1 Å². The Balaban J connectivity index is 1.24. The first kappa shape index (κ1) is 37.2. The van der Waals surface area contributed by atoms with Gasteiger partial charge in [0, 0.05) is 29.5 Å². The highest BCUT2D eigenvalue weighted by Gasteiger charge is 2.60. The minimum Gasteiger partial charge on any atom is -0.497 e. The van der Waals surface area contributed by atoms with Gasteiger partial charge in [0.05, 0.1) is 26.7 Å². The van der Waals surface area contributed by atoms with Crippen LogP contribution in [0.3, 0.4) is 0 Å². The van der Waals surface area contributed by atoms with Crippen LogP contribution in [-0.2, 0) is 20.9 Å². The van der Waals surface area contributed by atoms with E-state index in [0.29, 0.717) is 41.3 Å². The van der Waals surface area contributed by atoms with Gasteiger partial charge >= 0.3 is 18.0 Å². The topological polar surface area (TPSA) is 167 Å². The molecule has 3 fully saturated rings. The summed E-state index contributed by atoms with van der Waals surface area (Å²) in [4.78, 5) is 70.9. The fourth-order valence-electron chi connectivity index (χ4n) is 7.51. The third kappa shape index (κ3) is 8.24. The molecule has 2 saturated carbocycles. The summed E-state index contributed by atoms with van der Waals surface area (Å²) in [5.74, 6) is -1.11. The smallest absolute Gasteiger partial charge is 0.328 e. The van der Waals surface area contributed by atoms with E-state index < -0.39 is 42.0 Å². The number of carboxylic acids is 1. The van der Waals surface area contributed by atoms with Gasteiger partial charge in [0.2, 0.25) is 5.91 Å². The average Bonchev–Trinajstić information content (AvgIpc) is 3.96. The number of carboxylic acid groups (broad SMARTS) is 1. The molecule has 1 saturated heterocycles. The number of urea groups is 2. The highest BCUT2D eigenvalue weighted by molar-refractivity contribution is 6.10. The third-order valence-corrected chi connectivity index (χ3v) is 10.6. The van der Waals surface area contributed by atoms with Crippen LogP contribution in [0, 0.1) is 12.8 Å². The quantitative estimate of drug-likeness (QED) is 0.135. The molecule has 1 spiro atoms. The van der Waals surface area contributed by atoms with Crippen molar-refractivity contribution in [3.8, 4) is 11.5 Å². The van der Waals surface area contributed by atoms with Gasteiger partial charge in [-0.15, -0.1) is 0 Å². The summed E-state index contributed by atoms with van der Waals surface area (Å²) < 4.78 is 10.8. The lowest BCUT2D eigenvalue weighted by Crippen LogP contribution is -2.53. The van der Waals surface area contributed by atoms with E-state index in [1.54, 1.807) is 35.2 Å². The number of imide groups is 1. The number of carbonyl (C=O) groups excluding carboxylic acids is 4. The van der Waals surface area contributed by atoms with Crippen molar-refractivity contribution >= 4 is 41.2 Å². The number of carbonyl (C=O) groups is 5. The SMILES string of the molecule is COc1ccc(C(CC(=O)O)NC(=O)C(CC2CC2)N2C(=O)N(Cc3ccc(NC(=O)Nc4ccccc4C)cc3)C3(CCCCC3)C2=O)c(OC)c1. The number of nitrogens with one attached hydrogen (secondary N) is 3. The van der Waals surface area contributed by atoms with Crippen LogP contribution in [0.5, 0.6) is 11.5 Å². The largest absolute Gasteiger partial charge is 0.497 e. The summed E-state index contributed by atoms with van der Waals surface area (Å²) in [7, 11) is 2.95. The van der Waals surface area contributed by atoms with Crippen molar-refractivity contribution in [1.29, 1.82) is 0 Å². The van der Waals surface area contributed by atoms with Crippen LogP contribution in [0.4, 0.5) is 21.0 Å². The molecule has 1 aliphatic heterocycles. The maximum atomic E-state index is 14.6. The van der Waals surface area contributed by atoms with Crippen molar-refractivity contribution in [1.82, 2.24) is 15.1 Å². The molecule has 6 rings (SSSR count). The molecular weight excluding hydrogens is 678 g/mol. The number of methoxy groups -OCH3 is 2. The van der Waals surface area contributed by atoms with Gasteiger partial charge < -0.3 is 35.4 Å². The third-order valence-electron chi connectivity index (χ3n) is 10.6. The van der Waals surface area contributed by atoms with Gasteiger partial charge in [0.1, 0.15) is 23.1 Å². The standard InChI is InChI=1S/C40H47N5O8/c1-25-9-5-6-10-31(25)43-38(50)41-28-15-13-27(14-16-28)24-44-39(51)45(37(49)40(44)19-7-4-8-20-40)33(21-26-11-12-26)36(48)42-32(23-35(46)47)30-18-17-29(52-2)22-34(30)53-3/h5-6,9-10,13-18,22,26,32-33H,4,7-8,11-12,19-21,23-24H2,1-3H3,(H,42,48)(H,46,47)(H2,41,43,50). The summed E-state index contributed by atoms with van der Waals surface area (Å²) in [6, 6.07) is 16.5. The lowest BCUT2D eigenvalue weighted by atomic mass is 9.80. The predicted molar refractivity (Wildman–Crippen MR) is 198 cm³/mol. The van der Waals surface area contributed by atoms with E-state index >= 15 is 0 Å². The lowest BCUT2D eigenvalue weighted by molar-refractivity contribution is -0.142. The normalized spacial score (nSPS) is 17.6. The van der Waals surface area contributed by atoms with Gasteiger partial charge in [-0.3, -0.25) is 14.4 Å². The zero-order valence-electron chi connectivity index (χ0n) is 30.4. The molecule has 53 heavy (non-hydrogen) atoms. The van der Waals surface area contributed by atoms with E-state index in [2.05, 4.69) is 16.0 Å². The zero-order chi connectivity index (χ0) is 37.7. The number of hydrogen-bond acceptors (Lipinski definition) is 7. The first-order valence-corrected chi connectivity index (χ1v) is 18.1. The molecule has 3 aromatic carbocycles. The van der Waals surface area contributed by atoms with Crippen molar-refractivity contribution in [2.75, 3.05) is 24.9 Å². The summed E-state index contributed by atoms with van der Waals surface area (Å²) >= 11 is 0. The number of hydrogen-bond donors (Lipinski definition) is 4. The van der Waals surface area contributed by atoms with Crippen LogP contribution in [0.25, 0.3) is 0 Å². The molecule has 0 radical (unpaired) electrons. The second-order valence-electron chi connectivity index (χ2n) is 14.2. The summed E-state index contributed by atoms with van der Waals surface area (Å²) in [5, 5.41) is 18.4. The molecule has 2 aliphatic carbocycles. The molecule has 2 unspecified atom stereocenters. The first-order chi connectivity index (χ1) is 25.5. The van der Waals surface area contributed by atoms with Crippen LogP contribution >= 0.6 is 0 Å². The van der Waals surface area contributed by atoms with Gasteiger partial charge in [0.25, 0.3) is 5.91 Å². The molecule has 3 aromatic rings. The minimum atomic E-state index is -1.14. The number of nitrogens with zero attached hydrogens (tertiary/aromatic N) is 2. The highest BCUT2D eigenvalue weighted by Crippen LogP contribution is 2.44. The van der Waals surface area contributed by atoms with Gasteiger partial charge in [-0.25, -0.2) is 14.5 Å². The number of amides is 6. The number of aliphatic carboxylic acids is 1. The van der Waals surface area contributed by atoms with Crippen molar-refractivity contribution in [2.45, 2.75) is 88.9 Å². The molecule has 3 aliphatic rings. The van der Waals surface area contributed by atoms with Crippen LogP contribution in [-0.4, -0.2) is 70.6 Å². The Morgan fingerprint density at radius 2 is 1.64 bits per heavy atom. The van der Waals surface area contributed by atoms with Gasteiger partial charge in [0.15, 0.2) is 0 Å². The van der Waals surface area contributed by atoms with E-state index in [-0.39, 0.29) is 30.8 Å². The molecule has 280 valence electrons. The van der Waals surface area contributed by atoms with Crippen molar-refractivity contribution in [2.24, 2.45) is 5.92 Å². The number of benzene rings is 3. The zero-order valence-corrected chi connectivity index (χ0v) is 30.4. The number of aryl methyl sites for hydroxylation is 1. The first-order valence-electron chi connectivity index (χ1n) is 18.1. The molecule has 4 N–H and O–H groups in total. The van der Waals surface area contributed by atoms with E-state index in [1.165, 1.54) is 14.2 Å². The Kier molecular flexibility index (Phi) is 11.2. The van der Waals surface area contributed by atoms with Crippen LogP contribution in [0.2, 0.25) is 0 Å². The fraction of sp³-hybridized carbons (Fsp3) is 0.425. The van der Waals surface area contributed by atoms with Crippen LogP contribution in [0.15, 0.2) is 66.7 Å². The summed E-state index contributed by atoms with van der Waals surface area (Å²) in [6.45, 7) is 2.05. The maximum Gasteiger partial charge on any atom is 0.328 e. The Hall–Kier alpha value is -5.59. The average molecular weight is 726 g/mol. The second kappa shape index (κ2) is 16.0. The molecular formula is C40H47N5O8. The van der Waals surface area contributed by atoms with E-state index in [9.17, 15) is 29.1 Å². The molecule has 6 amide bonds. The van der Waals surface area contributed by atoms with Crippen molar-refractivity contribution in [3.05, 3.63) is 83.4 Å². The van der Waals surface area contributed by atoms with Gasteiger partial charge in [-0.1, -0.05) is 62.4 Å². The number of rotatable bonds is 14. The monoisotopic (exact) mass is 725 g/mol. The Labute approximate surface area is 309 Å². The maximum absolute atomic E-state index is 14.6. The van der Waals surface area contributed by atoms with Crippen LogP contribution in [0.1, 0.15) is 80.5 Å². The Morgan fingerprint density at radius 3 is 2.28 bits per heavy atom. The van der Waals surface area contributed by atoms with Crippen LogP contribution < -0.4 is 25.4 Å². The molecule has 13 heteroatoms. The Bertz CT molecular complexity index is 1850. The summed E-state index contributed by atoms with van der Waals surface area (Å²) in [5.41, 5.74) is 2.30. The number of para-hydroxylation sites is 1. The molecule has 0 aromatic heterocycles. The summed E-state index contributed by atoms with van der Waals surface area (Å²) in [6.07, 6.45) is 5.03. The van der Waals surface area contributed by atoms with Crippen molar-refractivity contribution in [3.63, 3.8) is 0 Å². The van der Waals surface area contributed by atoms with Gasteiger partial charge in [-0.2, -0.15) is 0 Å². The lowest BCUT2D eigenvalue weighted by Gasteiger charge is -2.38. The van der Waals surface area contributed by atoms with E-state index in [4.69, 9.17) is 9.47 Å². The molecule has 1 heterocycles. The number of ether oxygens (including phenoxy) is 2. The van der Waals surface area contributed by atoms with Gasteiger partial charge in [-0.05, 0) is 73.6 Å². The molecule has 13 nitrogen and oxygen atoms in total. The second-order valence-corrected chi connectivity index (χ2v) is 14.2. The molecule has 0 bridgehead atoms. The van der Waals surface area contributed by atoms with E-state index in [1.807, 2.05) is 43.3 Å². The number of anilines is 2. The highest BCUT2D eigenvalue weighted by atomic mass is 16.5. The fourth-order valence-corrected chi connectivity index (χ4v) is 7.51. The minimum absolute atomic E-state index is 0.138. The van der Waals surface area contributed by atoms with Crippen molar-refractivity contribution < 1.29 is 38.6 Å². The predicted octanol–water partition coefficient (Wildman–Crippen LogP) is 6.62.